The number of benzene rings is 3. The van der Waals surface area contributed by atoms with Crippen molar-refractivity contribution < 1.29 is 14.4 Å². The van der Waals surface area contributed by atoms with Crippen LogP contribution < -0.4 is 0 Å². The van der Waals surface area contributed by atoms with Crippen molar-refractivity contribution in [3.8, 4) is 0 Å². The van der Waals surface area contributed by atoms with E-state index in [9.17, 15) is 9.59 Å². The number of carbonyl (C=O) groups excluding carboxylic acids is 2. The summed E-state index contributed by atoms with van der Waals surface area (Å²) in [6, 6.07) is 26.0. The topological polar surface area (TPSA) is 55.7 Å². The Morgan fingerprint density at radius 2 is 1.36 bits per heavy atom. The van der Waals surface area contributed by atoms with E-state index in [4.69, 9.17) is 4.84 Å². The Kier molecular flexibility index (Phi) is 6.76. The van der Waals surface area contributed by atoms with Gasteiger partial charge in [0, 0.05) is 21.8 Å². The van der Waals surface area contributed by atoms with E-state index in [1.54, 1.807) is 49.0 Å². The lowest BCUT2D eigenvalue weighted by molar-refractivity contribution is -0.112. The van der Waals surface area contributed by atoms with Gasteiger partial charge in [0.1, 0.15) is 0 Å². The third-order valence-electron chi connectivity index (χ3n) is 3.92. The van der Waals surface area contributed by atoms with E-state index >= 15 is 0 Å². The summed E-state index contributed by atoms with van der Waals surface area (Å²) in [5, 5.41) is 3.87. The molecule has 140 valence electrons. The zero-order chi connectivity index (χ0) is 19.8. The van der Waals surface area contributed by atoms with Crippen LogP contribution in [-0.4, -0.2) is 17.5 Å². The number of Topliss-reactive ketones (excluding diaryl/α,β-unsaturated/α-hetero) is 1. The molecule has 0 bridgehead atoms. The van der Waals surface area contributed by atoms with E-state index in [2.05, 4.69) is 5.16 Å². The number of nitrogens with zero attached hydrogens (tertiary/aromatic N) is 1. The average molecular weight is 389 g/mol. The number of oxime groups is 1. The van der Waals surface area contributed by atoms with Crippen molar-refractivity contribution in [2.45, 2.75) is 23.1 Å². The van der Waals surface area contributed by atoms with Crippen LogP contribution >= 0.6 is 11.8 Å². The van der Waals surface area contributed by atoms with Crippen molar-refractivity contribution in [3.63, 3.8) is 0 Å². The second kappa shape index (κ2) is 9.67. The zero-order valence-electron chi connectivity index (χ0n) is 15.4. The van der Waals surface area contributed by atoms with Gasteiger partial charge in [0.25, 0.3) is 0 Å². The molecule has 3 aromatic carbocycles. The Morgan fingerprint density at radius 3 is 1.96 bits per heavy atom. The number of rotatable bonds is 7. The van der Waals surface area contributed by atoms with E-state index < -0.39 is 5.97 Å². The normalized spacial score (nSPS) is 11.1. The predicted octanol–water partition coefficient (Wildman–Crippen LogP) is 5.38. The lowest BCUT2D eigenvalue weighted by Crippen LogP contribution is -2.16. The van der Waals surface area contributed by atoms with Gasteiger partial charge in [-0.05, 0) is 36.4 Å². The summed E-state index contributed by atoms with van der Waals surface area (Å²) < 4.78 is 0. The molecule has 0 unspecified atom stereocenters. The van der Waals surface area contributed by atoms with Crippen molar-refractivity contribution in [2.75, 3.05) is 0 Å². The van der Waals surface area contributed by atoms with Gasteiger partial charge in [0.15, 0.2) is 11.5 Å². The first-order chi connectivity index (χ1) is 13.7. The molecule has 4 nitrogen and oxygen atoms in total. The molecule has 0 aliphatic rings. The van der Waals surface area contributed by atoms with Crippen LogP contribution in [-0.2, 0) is 9.63 Å². The Morgan fingerprint density at radius 1 is 0.786 bits per heavy atom. The minimum Gasteiger partial charge on any atom is -0.312 e. The molecule has 3 aromatic rings. The smallest absolute Gasteiger partial charge is 0.312 e. The number of hydrogen-bond acceptors (Lipinski definition) is 5. The van der Waals surface area contributed by atoms with Crippen molar-refractivity contribution in [2.24, 2.45) is 5.16 Å². The van der Waals surface area contributed by atoms with Crippen molar-refractivity contribution in [1.82, 2.24) is 0 Å². The molecule has 28 heavy (non-hydrogen) atoms. The third-order valence-corrected chi connectivity index (χ3v) is 4.94. The summed E-state index contributed by atoms with van der Waals surface area (Å²) in [6.45, 7) is 1.75. The molecule has 0 aliphatic heterocycles. The van der Waals surface area contributed by atoms with E-state index in [0.29, 0.717) is 11.1 Å². The Bertz CT molecular complexity index is 968. The standard InChI is InChI=1S/C23H19NO3S/c1-2-21(25)22(24-27-23(26)18-9-5-3-6-10-18)17-13-15-20(16-14-17)28-19-11-7-4-8-12-19/h3-16H,2H2,1H3/b24-22-. The molecule has 0 heterocycles. The zero-order valence-corrected chi connectivity index (χ0v) is 16.2. The van der Waals surface area contributed by atoms with Gasteiger partial charge in [-0.25, -0.2) is 4.79 Å². The van der Waals surface area contributed by atoms with Crippen LogP contribution in [0.4, 0.5) is 0 Å². The molecular formula is C23H19NO3S. The van der Waals surface area contributed by atoms with Gasteiger partial charge >= 0.3 is 5.97 Å². The summed E-state index contributed by atoms with van der Waals surface area (Å²) >= 11 is 1.63. The molecule has 0 atom stereocenters. The monoisotopic (exact) mass is 389 g/mol. The van der Waals surface area contributed by atoms with Gasteiger partial charge < -0.3 is 4.84 Å². The quantitative estimate of drug-likeness (QED) is 0.309. The molecule has 0 amide bonds. The van der Waals surface area contributed by atoms with Crippen LogP contribution in [0.15, 0.2) is 99.9 Å². The number of carbonyl (C=O) groups is 2. The summed E-state index contributed by atoms with van der Waals surface area (Å²) in [7, 11) is 0. The fourth-order valence-electron chi connectivity index (χ4n) is 2.45. The summed E-state index contributed by atoms with van der Waals surface area (Å²) in [5.74, 6) is -0.789. The van der Waals surface area contributed by atoms with Crippen LogP contribution in [0.3, 0.4) is 0 Å². The lowest BCUT2D eigenvalue weighted by Gasteiger charge is -2.06. The van der Waals surface area contributed by atoms with Gasteiger partial charge in [-0.1, -0.05) is 72.4 Å². The van der Waals surface area contributed by atoms with Crippen LogP contribution in [0.5, 0.6) is 0 Å². The average Bonchev–Trinajstić information content (AvgIpc) is 2.76. The first-order valence-corrected chi connectivity index (χ1v) is 9.70. The SMILES string of the molecule is CCC(=O)/C(=N\OC(=O)c1ccccc1)c1ccc(Sc2ccccc2)cc1. The second-order valence-corrected chi connectivity index (χ2v) is 7.05. The van der Waals surface area contributed by atoms with Gasteiger partial charge in [-0.2, -0.15) is 0 Å². The molecule has 0 spiro atoms. The minimum atomic E-state index is -0.599. The first kappa shape index (κ1) is 19.6. The van der Waals surface area contributed by atoms with Crippen molar-refractivity contribution in [3.05, 3.63) is 96.1 Å². The Labute approximate surface area is 168 Å². The molecule has 5 heteroatoms. The molecular weight excluding hydrogens is 370 g/mol. The molecule has 3 rings (SSSR count). The van der Waals surface area contributed by atoms with Crippen LogP contribution in [0, 0.1) is 0 Å². The maximum Gasteiger partial charge on any atom is 0.365 e. The van der Waals surface area contributed by atoms with Crippen molar-refractivity contribution in [1.29, 1.82) is 0 Å². The molecule has 0 aliphatic carbocycles. The molecule has 0 radical (unpaired) electrons. The van der Waals surface area contributed by atoms with Gasteiger partial charge in [0.05, 0.1) is 5.56 Å². The molecule has 0 aromatic heterocycles. The van der Waals surface area contributed by atoms with Gasteiger partial charge in [-0.3, -0.25) is 4.79 Å². The maximum absolute atomic E-state index is 12.3. The van der Waals surface area contributed by atoms with Crippen LogP contribution in [0.1, 0.15) is 29.3 Å². The maximum atomic E-state index is 12.3. The number of hydrogen-bond donors (Lipinski definition) is 0. The van der Waals surface area contributed by atoms with E-state index in [-0.39, 0.29) is 17.9 Å². The second-order valence-electron chi connectivity index (χ2n) is 5.90. The fourth-order valence-corrected chi connectivity index (χ4v) is 3.29. The lowest BCUT2D eigenvalue weighted by atomic mass is 10.1. The predicted molar refractivity (Wildman–Crippen MR) is 111 cm³/mol. The Hall–Kier alpha value is -3.18. The highest BCUT2D eigenvalue weighted by Crippen LogP contribution is 2.27. The highest BCUT2D eigenvalue weighted by atomic mass is 32.2. The van der Waals surface area contributed by atoms with Crippen LogP contribution in [0.2, 0.25) is 0 Å². The van der Waals surface area contributed by atoms with Gasteiger partial charge in [-0.15, -0.1) is 0 Å². The van der Waals surface area contributed by atoms with Crippen LogP contribution in [0.25, 0.3) is 0 Å². The summed E-state index contributed by atoms with van der Waals surface area (Å²) in [6.07, 6.45) is 0.266. The van der Waals surface area contributed by atoms with E-state index in [1.165, 1.54) is 0 Å². The highest BCUT2D eigenvalue weighted by Gasteiger charge is 2.15. The van der Waals surface area contributed by atoms with E-state index in [1.807, 2.05) is 54.6 Å². The summed E-state index contributed by atoms with van der Waals surface area (Å²) in [5.41, 5.74) is 1.14. The molecule has 0 saturated heterocycles. The third kappa shape index (κ3) is 5.18. The Balaban J connectivity index is 1.77. The largest absolute Gasteiger partial charge is 0.365 e. The van der Waals surface area contributed by atoms with E-state index in [0.717, 1.165) is 9.79 Å². The first-order valence-electron chi connectivity index (χ1n) is 8.88. The highest BCUT2D eigenvalue weighted by molar-refractivity contribution is 7.99. The minimum absolute atomic E-state index is 0.142. The molecule has 0 saturated carbocycles. The van der Waals surface area contributed by atoms with Gasteiger partial charge in [0.2, 0.25) is 0 Å². The van der Waals surface area contributed by atoms with Crippen molar-refractivity contribution >= 4 is 29.2 Å². The number of ketones is 1. The fraction of sp³-hybridized carbons (Fsp3) is 0.0870. The molecule has 0 fully saturated rings. The summed E-state index contributed by atoms with van der Waals surface area (Å²) in [4.78, 5) is 31.6. The molecule has 0 N–H and O–H groups in total.